The second-order valence-corrected chi connectivity index (χ2v) is 4.89. The zero-order valence-corrected chi connectivity index (χ0v) is 11.3. The number of amides is 3. The summed E-state index contributed by atoms with van der Waals surface area (Å²) in [5.41, 5.74) is 6.15. The van der Waals surface area contributed by atoms with Crippen molar-refractivity contribution in [3.8, 4) is 0 Å². The SMILES string of the molecule is Cc1ccc2c(c1)C(=O)N(C(CCC(N)=O)C(=O)O)C2=O. The number of hydrogen-bond acceptors (Lipinski definition) is 4. The molecule has 1 unspecified atom stereocenters. The second-order valence-electron chi connectivity index (χ2n) is 4.89. The minimum atomic E-state index is -1.40. The highest BCUT2D eigenvalue weighted by Crippen LogP contribution is 2.27. The van der Waals surface area contributed by atoms with E-state index in [9.17, 15) is 24.3 Å². The summed E-state index contributed by atoms with van der Waals surface area (Å²) in [6, 6.07) is 3.32. The van der Waals surface area contributed by atoms with E-state index in [1.807, 2.05) is 0 Å². The Morgan fingerprint density at radius 2 is 1.86 bits per heavy atom. The van der Waals surface area contributed by atoms with Crippen molar-refractivity contribution in [2.45, 2.75) is 25.8 Å². The first-order valence-corrected chi connectivity index (χ1v) is 6.32. The van der Waals surface area contributed by atoms with Crippen molar-refractivity contribution in [3.63, 3.8) is 0 Å². The number of aliphatic carboxylic acids is 1. The number of aryl methyl sites for hydroxylation is 1. The third kappa shape index (κ3) is 2.62. The molecule has 0 saturated heterocycles. The average molecular weight is 290 g/mol. The van der Waals surface area contributed by atoms with Crippen LogP contribution < -0.4 is 5.73 Å². The first-order chi connectivity index (χ1) is 9.82. The molecule has 7 nitrogen and oxygen atoms in total. The van der Waals surface area contributed by atoms with Crippen molar-refractivity contribution in [1.82, 2.24) is 4.90 Å². The number of carboxylic acid groups (broad SMARTS) is 1. The van der Waals surface area contributed by atoms with Gasteiger partial charge in [-0.3, -0.25) is 19.3 Å². The molecule has 1 aliphatic heterocycles. The summed E-state index contributed by atoms with van der Waals surface area (Å²) >= 11 is 0. The minimum absolute atomic E-state index is 0.177. The van der Waals surface area contributed by atoms with E-state index in [1.165, 1.54) is 6.07 Å². The molecule has 0 fully saturated rings. The van der Waals surface area contributed by atoms with Gasteiger partial charge in [-0.15, -0.1) is 0 Å². The van der Waals surface area contributed by atoms with E-state index in [1.54, 1.807) is 19.1 Å². The highest BCUT2D eigenvalue weighted by atomic mass is 16.4. The fourth-order valence-electron chi connectivity index (χ4n) is 2.30. The summed E-state index contributed by atoms with van der Waals surface area (Å²) in [4.78, 5) is 47.3. The molecule has 0 aromatic heterocycles. The lowest BCUT2D eigenvalue weighted by atomic mass is 10.1. The van der Waals surface area contributed by atoms with Crippen LogP contribution in [0.15, 0.2) is 18.2 Å². The lowest BCUT2D eigenvalue weighted by molar-refractivity contribution is -0.141. The number of imide groups is 1. The van der Waals surface area contributed by atoms with Crippen LogP contribution in [0.1, 0.15) is 39.1 Å². The summed E-state index contributed by atoms with van der Waals surface area (Å²) < 4.78 is 0. The van der Waals surface area contributed by atoms with Gasteiger partial charge in [-0.25, -0.2) is 4.79 Å². The number of nitrogens with two attached hydrogens (primary N) is 1. The Morgan fingerprint density at radius 1 is 1.24 bits per heavy atom. The van der Waals surface area contributed by atoms with E-state index < -0.39 is 29.7 Å². The van der Waals surface area contributed by atoms with Gasteiger partial charge >= 0.3 is 5.97 Å². The van der Waals surface area contributed by atoms with Crippen LogP contribution in [0.4, 0.5) is 0 Å². The number of benzene rings is 1. The number of rotatable bonds is 5. The van der Waals surface area contributed by atoms with Gasteiger partial charge in [0.1, 0.15) is 6.04 Å². The summed E-state index contributed by atoms with van der Waals surface area (Å²) in [7, 11) is 0. The van der Waals surface area contributed by atoms with Crippen molar-refractivity contribution in [1.29, 1.82) is 0 Å². The summed E-state index contributed by atoms with van der Waals surface area (Å²) in [5, 5.41) is 9.22. The Kier molecular flexibility index (Phi) is 3.75. The fraction of sp³-hybridized carbons (Fsp3) is 0.286. The van der Waals surface area contributed by atoms with Gasteiger partial charge in [0, 0.05) is 6.42 Å². The van der Waals surface area contributed by atoms with E-state index >= 15 is 0 Å². The van der Waals surface area contributed by atoms with Gasteiger partial charge in [-0.1, -0.05) is 11.6 Å². The standard InChI is InChI=1S/C14H14N2O5/c1-7-2-3-8-9(6-7)13(19)16(12(8)18)10(14(20)21)4-5-11(15)17/h2-3,6,10H,4-5H2,1H3,(H2,15,17)(H,20,21). The van der Waals surface area contributed by atoms with Crippen LogP contribution >= 0.6 is 0 Å². The third-order valence-electron chi connectivity index (χ3n) is 3.33. The Labute approximate surface area is 120 Å². The molecule has 1 aliphatic rings. The lowest BCUT2D eigenvalue weighted by Crippen LogP contribution is -2.45. The van der Waals surface area contributed by atoms with Crippen molar-refractivity contribution in [2.75, 3.05) is 0 Å². The molecular weight excluding hydrogens is 276 g/mol. The molecule has 3 amide bonds. The smallest absolute Gasteiger partial charge is 0.326 e. The van der Waals surface area contributed by atoms with Crippen LogP contribution in [-0.2, 0) is 9.59 Å². The van der Waals surface area contributed by atoms with Crippen molar-refractivity contribution in [3.05, 3.63) is 34.9 Å². The van der Waals surface area contributed by atoms with Crippen molar-refractivity contribution < 1.29 is 24.3 Å². The number of hydrogen-bond donors (Lipinski definition) is 2. The largest absolute Gasteiger partial charge is 0.480 e. The zero-order valence-electron chi connectivity index (χ0n) is 11.3. The summed E-state index contributed by atoms with van der Waals surface area (Å²) in [6.07, 6.45) is -0.418. The molecule has 1 aromatic carbocycles. The van der Waals surface area contributed by atoms with Crippen LogP contribution in [0.2, 0.25) is 0 Å². The van der Waals surface area contributed by atoms with Crippen LogP contribution in [0.5, 0.6) is 0 Å². The van der Waals surface area contributed by atoms with Crippen LogP contribution in [-0.4, -0.2) is 39.7 Å². The molecule has 3 N–H and O–H groups in total. The predicted octanol–water partition coefficient (Wildman–Crippen LogP) is 0.310. The lowest BCUT2D eigenvalue weighted by Gasteiger charge is -2.21. The maximum atomic E-state index is 12.3. The van der Waals surface area contributed by atoms with E-state index in [2.05, 4.69) is 0 Å². The number of fused-ring (bicyclic) bond motifs is 1. The predicted molar refractivity (Wildman–Crippen MR) is 71.5 cm³/mol. The van der Waals surface area contributed by atoms with Gasteiger partial charge in [0.15, 0.2) is 0 Å². The fourth-order valence-corrected chi connectivity index (χ4v) is 2.30. The molecule has 1 atom stereocenters. The maximum Gasteiger partial charge on any atom is 0.326 e. The van der Waals surface area contributed by atoms with E-state index in [0.29, 0.717) is 4.90 Å². The van der Waals surface area contributed by atoms with Gasteiger partial charge in [0.2, 0.25) is 5.91 Å². The highest BCUT2D eigenvalue weighted by Gasteiger charge is 2.42. The monoisotopic (exact) mass is 290 g/mol. The molecular formula is C14H14N2O5. The Hall–Kier alpha value is -2.70. The molecule has 0 aliphatic carbocycles. The molecule has 2 rings (SSSR count). The topological polar surface area (TPSA) is 118 Å². The van der Waals surface area contributed by atoms with Crippen LogP contribution in [0, 0.1) is 6.92 Å². The third-order valence-corrected chi connectivity index (χ3v) is 3.33. The number of carboxylic acids is 1. The normalized spacial score (nSPS) is 15.0. The Morgan fingerprint density at radius 3 is 2.43 bits per heavy atom. The van der Waals surface area contributed by atoms with Gasteiger partial charge < -0.3 is 10.8 Å². The molecule has 0 radical (unpaired) electrons. The van der Waals surface area contributed by atoms with Crippen LogP contribution in [0.25, 0.3) is 0 Å². The van der Waals surface area contributed by atoms with E-state index in [-0.39, 0.29) is 24.0 Å². The van der Waals surface area contributed by atoms with Gasteiger partial charge in [-0.05, 0) is 25.5 Å². The first kappa shape index (κ1) is 14.7. The van der Waals surface area contributed by atoms with E-state index in [0.717, 1.165) is 5.56 Å². The van der Waals surface area contributed by atoms with Crippen molar-refractivity contribution in [2.24, 2.45) is 5.73 Å². The number of primary amides is 1. The summed E-state index contributed by atoms with van der Waals surface area (Å²) in [5.74, 6) is -3.35. The second kappa shape index (κ2) is 5.35. The highest BCUT2D eigenvalue weighted by molar-refractivity contribution is 6.22. The number of carbonyl (C=O) groups is 4. The van der Waals surface area contributed by atoms with E-state index in [4.69, 9.17) is 5.73 Å². The zero-order chi connectivity index (χ0) is 15.7. The summed E-state index contributed by atoms with van der Waals surface area (Å²) in [6.45, 7) is 1.77. The molecule has 21 heavy (non-hydrogen) atoms. The first-order valence-electron chi connectivity index (χ1n) is 6.32. The molecule has 0 saturated carbocycles. The molecule has 1 heterocycles. The van der Waals surface area contributed by atoms with Crippen LogP contribution in [0.3, 0.4) is 0 Å². The number of nitrogens with zero attached hydrogens (tertiary/aromatic N) is 1. The molecule has 1 aromatic rings. The molecule has 7 heteroatoms. The molecule has 110 valence electrons. The average Bonchev–Trinajstić information content (AvgIpc) is 2.63. The molecule has 0 bridgehead atoms. The maximum absolute atomic E-state index is 12.3. The van der Waals surface area contributed by atoms with Gasteiger partial charge in [0.05, 0.1) is 11.1 Å². The minimum Gasteiger partial charge on any atom is -0.480 e. The van der Waals surface area contributed by atoms with Gasteiger partial charge in [-0.2, -0.15) is 0 Å². The quantitative estimate of drug-likeness (QED) is 0.757. The molecule has 0 spiro atoms. The Bertz CT molecular complexity index is 653. The van der Waals surface area contributed by atoms with Crippen molar-refractivity contribution >= 4 is 23.7 Å². The number of carbonyl (C=O) groups excluding carboxylic acids is 3. The van der Waals surface area contributed by atoms with Gasteiger partial charge in [0.25, 0.3) is 11.8 Å². The Balaban J connectivity index is 2.36.